The Morgan fingerprint density at radius 1 is 1.46 bits per heavy atom. The fraction of sp³-hybridized carbons (Fsp3) is 0. The first-order valence-electron chi connectivity index (χ1n) is 3.65. The minimum Gasteiger partial charge on any atom is -0.397 e. The highest BCUT2D eigenvalue weighted by Crippen LogP contribution is 2.35. The lowest BCUT2D eigenvalue weighted by molar-refractivity contribution is 0.112. The summed E-state index contributed by atoms with van der Waals surface area (Å²) in [7, 11) is 0. The zero-order chi connectivity index (χ0) is 9.42. The third-order valence-electron chi connectivity index (χ3n) is 1.84. The molecule has 1 aromatic carbocycles. The van der Waals surface area contributed by atoms with Crippen molar-refractivity contribution in [2.24, 2.45) is 0 Å². The first kappa shape index (κ1) is 8.96. The van der Waals surface area contributed by atoms with Gasteiger partial charge in [0.15, 0.2) is 6.29 Å². The van der Waals surface area contributed by atoms with Gasteiger partial charge in [0, 0.05) is 13.7 Å². The van der Waals surface area contributed by atoms with Crippen LogP contribution in [0, 0.1) is 3.57 Å². The highest BCUT2D eigenvalue weighted by molar-refractivity contribution is 14.1. The Morgan fingerprint density at radius 2 is 2.23 bits per heavy atom. The second kappa shape index (κ2) is 3.26. The van der Waals surface area contributed by atoms with Gasteiger partial charge in [0.2, 0.25) is 0 Å². The van der Waals surface area contributed by atoms with Gasteiger partial charge >= 0.3 is 0 Å². The van der Waals surface area contributed by atoms with Crippen LogP contribution < -0.4 is 5.73 Å². The molecule has 0 aliphatic rings. The predicted octanol–water partition coefficient (Wildman–Crippen LogP) is 2.90. The number of carbonyl (C=O) groups excluding carboxylic acids is 1. The SMILES string of the molecule is Nc1c(C=O)sc2cccc(I)c12. The number of rotatable bonds is 1. The van der Waals surface area contributed by atoms with Gasteiger partial charge in [-0.2, -0.15) is 0 Å². The van der Waals surface area contributed by atoms with E-state index in [1.807, 2.05) is 18.2 Å². The van der Waals surface area contributed by atoms with Gasteiger partial charge in [0.25, 0.3) is 0 Å². The maximum atomic E-state index is 10.6. The van der Waals surface area contributed by atoms with Crippen molar-refractivity contribution in [1.29, 1.82) is 0 Å². The molecule has 0 atom stereocenters. The van der Waals surface area contributed by atoms with Gasteiger partial charge in [-0.15, -0.1) is 11.3 Å². The number of carbonyl (C=O) groups is 1. The summed E-state index contributed by atoms with van der Waals surface area (Å²) in [5.74, 6) is 0. The molecule has 0 amide bonds. The van der Waals surface area contributed by atoms with Crippen LogP contribution in [0.2, 0.25) is 0 Å². The summed E-state index contributed by atoms with van der Waals surface area (Å²) in [6, 6.07) is 5.93. The third kappa shape index (κ3) is 1.34. The van der Waals surface area contributed by atoms with Crippen molar-refractivity contribution in [3.05, 3.63) is 26.6 Å². The Bertz CT molecular complexity index is 478. The lowest BCUT2D eigenvalue weighted by Crippen LogP contribution is -1.87. The molecule has 2 rings (SSSR count). The molecule has 2 N–H and O–H groups in total. The van der Waals surface area contributed by atoms with Gasteiger partial charge in [-0.3, -0.25) is 4.79 Å². The molecule has 0 spiro atoms. The van der Waals surface area contributed by atoms with Crippen molar-refractivity contribution >= 4 is 56.0 Å². The second-order valence-electron chi connectivity index (χ2n) is 2.61. The van der Waals surface area contributed by atoms with Crippen LogP contribution in [0.15, 0.2) is 18.2 Å². The highest BCUT2D eigenvalue weighted by atomic mass is 127. The van der Waals surface area contributed by atoms with Crippen LogP contribution in [0.3, 0.4) is 0 Å². The van der Waals surface area contributed by atoms with Crippen LogP contribution in [0.5, 0.6) is 0 Å². The monoisotopic (exact) mass is 303 g/mol. The number of thiophene rings is 1. The van der Waals surface area contributed by atoms with Crippen molar-refractivity contribution in [1.82, 2.24) is 0 Å². The second-order valence-corrected chi connectivity index (χ2v) is 4.86. The molecule has 0 unspecified atom stereocenters. The van der Waals surface area contributed by atoms with Crippen molar-refractivity contribution in [3.63, 3.8) is 0 Å². The van der Waals surface area contributed by atoms with Gasteiger partial charge in [-0.1, -0.05) is 6.07 Å². The molecule has 0 saturated carbocycles. The van der Waals surface area contributed by atoms with E-state index in [4.69, 9.17) is 5.73 Å². The summed E-state index contributed by atoms with van der Waals surface area (Å²) in [6.45, 7) is 0. The summed E-state index contributed by atoms with van der Waals surface area (Å²) in [4.78, 5) is 11.3. The largest absolute Gasteiger partial charge is 0.397 e. The smallest absolute Gasteiger partial charge is 0.162 e. The maximum absolute atomic E-state index is 10.6. The average molecular weight is 303 g/mol. The van der Waals surface area contributed by atoms with Crippen molar-refractivity contribution in [2.45, 2.75) is 0 Å². The minimum absolute atomic E-state index is 0.611. The number of aldehydes is 1. The van der Waals surface area contributed by atoms with Crippen molar-refractivity contribution in [2.75, 3.05) is 5.73 Å². The summed E-state index contributed by atoms with van der Waals surface area (Å²) in [5.41, 5.74) is 6.44. The van der Waals surface area contributed by atoms with Crippen LogP contribution in [-0.2, 0) is 0 Å². The van der Waals surface area contributed by atoms with E-state index in [0.717, 1.165) is 19.9 Å². The standard InChI is InChI=1S/C9H6INOS/c10-5-2-1-3-6-8(5)9(11)7(4-12)13-6/h1-4H,11H2. The minimum atomic E-state index is 0.611. The molecule has 66 valence electrons. The Morgan fingerprint density at radius 3 is 2.85 bits per heavy atom. The Hall–Kier alpha value is -0.620. The Balaban J connectivity index is 2.92. The van der Waals surface area contributed by atoms with E-state index in [0.29, 0.717) is 10.6 Å². The van der Waals surface area contributed by atoms with Gasteiger partial charge in [0.05, 0.1) is 10.6 Å². The fourth-order valence-corrected chi connectivity index (χ4v) is 3.17. The van der Waals surface area contributed by atoms with E-state index in [1.54, 1.807) is 0 Å². The Labute approximate surface area is 92.9 Å². The lowest BCUT2D eigenvalue weighted by Gasteiger charge is -1.94. The van der Waals surface area contributed by atoms with Gasteiger partial charge in [0.1, 0.15) is 0 Å². The van der Waals surface area contributed by atoms with Gasteiger partial charge < -0.3 is 5.73 Å². The van der Waals surface area contributed by atoms with Crippen molar-refractivity contribution < 1.29 is 4.79 Å². The number of hydrogen-bond acceptors (Lipinski definition) is 3. The first-order valence-corrected chi connectivity index (χ1v) is 5.55. The van der Waals surface area contributed by atoms with Crippen LogP contribution in [0.25, 0.3) is 10.1 Å². The summed E-state index contributed by atoms with van der Waals surface area (Å²) in [5, 5.41) is 1.01. The molecule has 2 aromatic rings. The quantitative estimate of drug-likeness (QED) is 0.650. The Kier molecular flexibility index (Phi) is 2.25. The number of hydrogen-bond donors (Lipinski definition) is 1. The fourth-order valence-electron chi connectivity index (χ4n) is 1.23. The zero-order valence-electron chi connectivity index (χ0n) is 6.58. The van der Waals surface area contributed by atoms with E-state index in [-0.39, 0.29) is 0 Å². The van der Waals surface area contributed by atoms with E-state index in [9.17, 15) is 4.79 Å². The molecule has 4 heteroatoms. The molecule has 1 aromatic heterocycles. The van der Waals surface area contributed by atoms with Gasteiger partial charge in [-0.25, -0.2) is 0 Å². The summed E-state index contributed by atoms with van der Waals surface area (Å²) >= 11 is 3.66. The molecule has 0 fully saturated rings. The van der Waals surface area contributed by atoms with Crippen molar-refractivity contribution in [3.8, 4) is 0 Å². The third-order valence-corrected chi connectivity index (χ3v) is 3.83. The van der Waals surface area contributed by atoms with Crippen LogP contribution in [-0.4, -0.2) is 6.29 Å². The van der Waals surface area contributed by atoms with Crippen LogP contribution in [0.1, 0.15) is 9.67 Å². The number of nitrogen functional groups attached to an aromatic ring is 1. The molecule has 0 aliphatic heterocycles. The lowest BCUT2D eigenvalue weighted by atomic mass is 10.2. The zero-order valence-corrected chi connectivity index (χ0v) is 9.56. The average Bonchev–Trinajstić information content (AvgIpc) is 2.44. The molecule has 2 nitrogen and oxygen atoms in total. The molecular weight excluding hydrogens is 297 g/mol. The number of fused-ring (bicyclic) bond motifs is 1. The van der Waals surface area contributed by atoms with E-state index in [1.165, 1.54) is 11.3 Å². The predicted molar refractivity (Wildman–Crippen MR) is 64.3 cm³/mol. The normalized spacial score (nSPS) is 10.5. The molecule has 0 aliphatic carbocycles. The molecule has 0 radical (unpaired) electrons. The number of nitrogens with two attached hydrogens (primary N) is 1. The number of halogens is 1. The van der Waals surface area contributed by atoms with Crippen LogP contribution >= 0.6 is 33.9 Å². The molecule has 0 saturated heterocycles. The van der Waals surface area contributed by atoms with Gasteiger partial charge in [-0.05, 0) is 34.7 Å². The van der Waals surface area contributed by atoms with Crippen LogP contribution in [0.4, 0.5) is 5.69 Å². The highest BCUT2D eigenvalue weighted by Gasteiger charge is 2.10. The number of benzene rings is 1. The molecule has 1 heterocycles. The van der Waals surface area contributed by atoms with E-state index in [2.05, 4.69) is 22.6 Å². The summed E-state index contributed by atoms with van der Waals surface area (Å²) in [6.07, 6.45) is 0.816. The summed E-state index contributed by atoms with van der Waals surface area (Å²) < 4.78 is 2.17. The van der Waals surface area contributed by atoms with E-state index >= 15 is 0 Å². The topological polar surface area (TPSA) is 43.1 Å². The number of anilines is 1. The molecular formula is C9H6INOS. The molecule has 13 heavy (non-hydrogen) atoms. The maximum Gasteiger partial charge on any atom is 0.162 e. The molecule has 0 bridgehead atoms. The van der Waals surface area contributed by atoms with E-state index < -0.39 is 0 Å². The first-order chi connectivity index (χ1) is 6.24.